The van der Waals surface area contributed by atoms with Crippen LogP contribution < -0.4 is 5.32 Å². The van der Waals surface area contributed by atoms with Gasteiger partial charge < -0.3 is 15.2 Å². The van der Waals surface area contributed by atoms with E-state index in [1.54, 1.807) is 11.8 Å². The molecule has 1 atom stereocenters. The van der Waals surface area contributed by atoms with Crippen molar-refractivity contribution in [3.63, 3.8) is 0 Å². The fraction of sp³-hybridized carbons (Fsp3) is 1.00. The smallest absolute Gasteiger partial charge is 0.0833 e. The Labute approximate surface area is 116 Å². The van der Waals surface area contributed by atoms with Crippen molar-refractivity contribution < 1.29 is 9.84 Å². The lowest BCUT2D eigenvalue weighted by Crippen LogP contribution is -2.40. The quantitative estimate of drug-likeness (QED) is 0.634. The molecule has 0 spiro atoms. The van der Waals surface area contributed by atoms with Crippen LogP contribution in [0.1, 0.15) is 39.0 Å². The van der Waals surface area contributed by atoms with Gasteiger partial charge >= 0.3 is 0 Å². The van der Waals surface area contributed by atoms with E-state index < -0.39 is 5.60 Å². The Morgan fingerprint density at radius 1 is 1.33 bits per heavy atom. The highest BCUT2D eigenvalue weighted by atomic mass is 32.2. The Bertz CT molecular complexity index is 206. The molecular weight excluding hydrogens is 246 g/mol. The molecule has 0 aromatic rings. The van der Waals surface area contributed by atoms with Crippen molar-refractivity contribution in [1.29, 1.82) is 0 Å². The van der Waals surface area contributed by atoms with Gasteiger partial charge in [-0.15, -0.1) is 0 Å². The van der Waals surface area contributed by atoms with Gasteiger partial charge in [-0.25, -0.2) is 0 Å². The molecule has 1 rings (SSSR count). The lowest BCUT2D eigenvalue weighted by molar-refractivity contribution is 0.0629. The average molecular weight is 275 g/mol. The number of unbranched alkanes of at least 4 members (excludes halogenated alkanes) is 1. The van der Waals surface area contributed by atoms with Crippen LogP contribution in [0.15, 0.2) is 0 Å². The second-order valence-corrected chi connectivity index (χ2v) is 6.52. The maximum Gasteiger partial charge on any atom is 0.0833 e. The van der Waals surface area contributed by atoms with E-state index in [1.165, 1.54) is 32.1 Å². The Hall–Kier alpha value is 0.230. The normalized spacial score (nSPS) is 20.8. The van der Waals surface area contributed by atoms with Crippen LogP contribution in [0.5, 0.6) is 0 Å². The van der Waals surface area contributed by atoms with Crippen LogP contribution in [0.2, 0.25) is 0 Å². The van der Waals surface area contributed by atoms with Crippen LogP contribution in [0.4, 0.5) is 0 Å². The van der Waals surface area contributed by atoms with Gasteiger partial charge in [0.1, 0.15) is 0 Å². The van der Waals surface area contributed by atoms with E-state index in [4.69, 9.17) is 4.74 Å². The van der Waals surface area contributed by atoms with Crippen LogP contribution in [-0.4, -0.2) is 49.0 Å². The molecule has 1 aliphatic heterocycles. The predicted octanol–water partition coefficient (Wildman–Crippen LogP) is 2.29. The van der Waals surface area contributed by atoms with E-state index >= 15 is 0 Å². The fourth-order valence-corrected chi connectivity index (χ4v) is 3.16. The summed E-state index contributed by atoms with van der Waals surface area (Å²) in [5, 5.41) is 13.3. The molecule has 4 heteroatoms. The van der Waals surface area contributed by atoms with E-state index in [9.17, 15) is 5.11 Å². The summed E-state index contributed by atoms with van der Waals surface area (Å²) in [6.07, 6.45) is 8.37. The van der Waals surface area contributed by atoms with E-state index in [-0.39, 0.29) is 0 Å². The first kappa shape index (κ1) is 16.3. The summed E-state index contributed by atoms with van der Waals surface area (Å²) < 4.78 is 5.36. The maximum atomic E-state index is 9.98. The third-order valence-electron chi connectivity index (χ3n) is 3.52. The molecule has 1 aliphatic rings. The zero-order chi connectivity index (χ0) is 13.3. The van der Waals surface area contributed by atoms with Crippen molar-refractivity contribution >= 4 is 11.8 Å². The number of aliphatic hydroxyl groups is 1. The Balaban J connectivity index is 1.92. The molecule has 0 amide bonds. The lowest BCUT2D eigenvalue weighted by atomic mass is 9.94. The summed E-state index contributed by atoms with van der Waals surface area (Å²) in [6, 6.07) is 0. The zero-order valence-electron chi connectivity index (χ0n) is 11.9. The van der Waals surface area contributed by atoms with Crippen LogP contribution in [0.3, 0.4) is 0 Å². The molecule has 0 saturated carbocycles. The SMILES string of the molecule is CSCC(C)(O)CNCCCCC1CCOCC1. The van der Waals surface area contributed by atoms with Crippen LogP contribution in [0.25, 0.3) is 0 Å². The van der Waals surface area contributed by atoms with Gasteiger partial charge in [0.05, 0.1) is 5.60 Å². The summed E-state index contributed by atoms with van der Waals surface area (Å²) in [4.78, 5) is 0. The highest BCUT2D eigenvalue weighted by Crippen LogP contribution is 2.20. The van der Waals surface area contributed by atoms with Crippen LogP contribution >= 0.6 is 11.8 Å². The molecule has 0 aromatic heterocycles. The molecule has 1 fully saturated rings. The summed E-state index contributed by atoms with van der Waals surface area (Å²) in [5.74, 6) is 1.68. The van der Waals surface area contributed by atoms with E-state index in [2.05, 4.69) is 5.32 Å². The maximum absolute atomic E-state index is 9.98. The number of hydrogen-bond donors (Lipinski definition) is 2. The third-order valence-corrected chi connectivity index (χ3v) is 4.43. The van der Waals surface area contributed by atoms with Gasteiger partial charge in [0.25, 0.3) is 0 Å². The number of rotatable bonds is 9. The van der Waals surface area contributed by atoms with Crippen molar-refractivity contribution in [2.45, 2.75) is 44.6 Å². The molecule has 3 nitrogen and oxygen atoms in total. The topological polar surface area (TPSA) is 41.5 Å². The van der Waals surface area contributed by atoms with Gasteiger partial charge in [0.2, 0.25) is 0 Å². The molecule has 0 aliphatic carbocycles. The number of ether oxygens (including phenoxy) is 1. The predicted molar refractivity (Wildman–Crippen MR) is 79.3 cm³/mol. The molecule has 18 heavy (non-hydrogen) atoms. The summed E-state index contributed by atoms with van der Waals surface area (Å²) in [6.45, 7) is 5.54. The van der Waals surface area contributed by atoms with Crippen molar-refractivity contribution in [3.05, 3.63) is 0 Å². The highest BCUT2D eigenvalue weighted by Gasteiger charge is 2.18. The van der Waals surface area contributed by atoms with Gasteiger partial charge in [-0.3, -0.25) is 0 Å². The summed E-state index contributed by atoms with van der Waals surface area (Å²) >= 11 is 1.69. The monoisotopic (exact) mass is 275 g/mol. The van der Waals surface area contributed by atoms with E-state index in [0.29, 0.717) is 6.54 Å². The van der Waals surface area contributed by atoms with Crippen molar-refractivity contribution in [2.24, 2.45) is 5.92 Å². The number of nitrogens with one attached hydrogen (secondary N) is 1. The highest BCUT2D eigenvalue weighted by molar-refractivity contribution is 7.98. The minimum atomic E-state index is -0.569. The van der Waals surface area contributed by atoms with Crippen LogP contribution in [0, 0.1) is 5.92 Å². The van der Waals surface area contributed by atoms with Crippen molar-refractivity contribution in [1.82, 2.24) is 5.32 Å². The first-order valence-electron chi connectivity index (χ1n) is 7.14. The molecule has 0 radical (unpaired) electrons. The van der Waals surface area contributed by atoms with Crippen LogP contribution in [-0.2, 0) is 4.74 Å². The largest absolute Gasteiger partial charge is 0.388 e. The molecule has 1 unspecified atom stereocenters. The summed E-state index contributed by atoms with van der Waals surface area (Å²) in [7, 11) is 0. The van der Waals surface area contributed by atoms with Crippen molar-refractivity contribution in [2.75, 3.05) is 38.3 Å². The first-order valence-corrected chi connectivity index (χ1v) is 8.53. The molecular formula is C14H29NO2S. The van der Waals surface area contributed by atoms with Crippen molar-refractivity contribution in [3.8, 4) is 0 Å². The Morgan fingerprint density at radius 2 is 2.06 bits per heavy atom. The fourth-order valence-electron chi connectivity index (χ4n) is 2.44. The number of hydrogen-bond acceptors (Lipinski definition) is 4. The Kier molecular flexibility index (Phi) is 8.31. The van der Waals surface area contributed by atoms with Gasteiger partial charge in [-0.1, -0.05) is 12.8 Å². The molecule has 0 bridgehead atoms. The summed E-state index contributed by atoms with van der Waals surface area (Å²) in [5.41, 5.74) is -0.569. The average Bonchev–Trinajstić information content (AvgIpc) is 2.35. The molecule has 1 saturated heterocycles. The first-order chi connectivity index (χ1) is 8.64. The second kappa shape index (κ2) is 9.18. The van der Waals surface area contributed by atoms with Gasteiger partial charge in [-0.2, -0.15) is 11.8 Å². The lowest BCUT2D eigenvalue weighted by Gasteiger charge is -2.23. The number of thioether (sulfide) groups is 1. The van der Waals surface area contributed by atoms with Gasteiger partial charge in [0.15, 0.2) is 0 Å². The molecule has 108 valence electrons. The Morgan fingerprint density at radius 3 is 2.72 bits per heavy atom. The molecule has 1 heterocycles. The van der Waals surface area contributed by atoms with Gasteiger partial charge in [-0.05, 0) is 44.9 Å². The van der Waals surface area contributed by atoms with E-state index in [0.717, 1.165) is 31.4 Å². The molecule has 0 aromatic carbocycles. The minimum absolute atomic E-state index is 0.569. The minimum Gasteiger partial charge on any atom is -0.388 e. The second-order valence-electron chi connectivity index (χ2n) is 5.66. The van der Waals surface area contributed by atoms with Gasteiger partial charge in [0, 0.05) is 25.5 Å². The molecule has 2 N–H and O–H groups in total. The third kappa shape index (κ3) is 7.62. The van der Waals surface area contributed by atoms with E-state index in [1.807, 2.05) is 13.2 Å². The standard InChI is InChI=1S/C14H29NO2S/c1-14(16,12-18-2)11-15-8-4-3-5-13-6-9-17-10-7-13/h13,15-16H,3-12H2,1-2H3. The zero-order valence-corrected chi connectivity index (χ0v) is 12.7.